The zero-order chi connectivity index (χ0) is 19.3. The topological polar surface area (TPSA) is 93.1 Å². The van der Waals surface area contributed by atoms with Gasteiger partial charge in [0.25, 0.3) is 0 Å². The number of nitrogens with zero attached hydrogens (tertiary/aromatic N) is 2. The van der Waals surface area contributed by atoms with Crippen LogP contribution < -0.4 is 5.32 Å². The lowest BCUT2D eigenvalue weighted by Crippen LogP contribution is -2.63. The lowest BCUT2D eigenvalue weighted by atomic mass is 9.79. The predicted molar refractivity (Wildman–Crippen MR) is 103 cm³/mol. The third-order valence-corrected chi connectivity index (χ3v) is 8.01. The zero-order valence-electron chi connectivity index (χ0n) is 15.9. The lowest BCUT2D eigenvalue weighted by Gasteiger charge is -2.46. The Morgan fingerprint density at radius 2 is 2.19 bits per heavy atom. The first-order valence-corrected chi connectivity index (χ1v) is 10.9. The maximum absolute atomic E-state index is 12.4. The van der Waals surface area contributed by atoms with Gasteiger partial charge in [-0.1, -0.05) is 6.92 Å². The molecule has 3 fully saturated rings. The van der Waals surface area contributed by atoms with Gasteiger partial charge in [0, 0.05) is 35.2 Å². The Bertz CT molecular complexity index is 661. The molecule has 7 nitrogen and oxygen atoms in total. The summed E-state index contributed by atoms with van der Waals surface area (Å²) in [6, 6.07) is 0.366. The fraction of sp³-hybridized carbons (Fsp3) is 0.789. The molecule has 1 unspecified atom stereocenters. The van der Waals surface area contributed by atoms with Gasteiger partial charge < -0.3 is 25.3 Å². The van der Waals surface area contributed by atoms with Crippen molar-refractivity contribution in [3.8, 4) is 0 Å². The number of likely N-dealkylation sites (tertiary alicyclic amines) is 1. The molecule has 4 rings (SSSR count). The monoisotopic (exact) mass is 395 g/mol. The van der Waals surface area contributed by atoms with Gasteiger partial charge in [-0.05, 0) is 39.3 Å². The van der Waals surface area contributed by atoms with Crippen LogP contribution in [-0.2, 0) is 9.59 Å². The summed E-state index contributed by atoms with van der Waals surface area (Å²) in [7, 11) is 0. The first-order valence-electron chi connectivity index (χ1n) is 9.99. The number of aliphatic carboxylic acids is 1. The van der Waals surface area contributed by atoms with Crippen molar-refractivity contribution in [3.05, 3.63) is 10.6 Å². The number of carbonyl (C=O) groups excluding carboxylic acids is 1. The average Bonchev–Trinajstić information content (AvgIpc) is 3.30. The van der Waals surface area contributed by atoms with Crippen LogP contribution in [0.15, 0.2) is 10.6 Å². The van der Waals surface area contributed by atoms with Crippen LogP contribution in [0.3, 0.4) is 0 Å². The van der Waals surface area contributed by atoms with Gasteiger partial charge in [0.1, 0.15) is 5.70 Å². The summed E-state index contributed by atoms with van der Waals surface area (Å²) in [4.78, 5) is 29.0. The first kappa shape index (κ1) is 19.2. The van der Waals surface area contributed by atoms with Gasteiger partial charge >= 0.3 is 5.97 Å². The minimum atomic E-state index is -1.03. The molecule has 4 aliphatic heterocycles. The van der Waals surface area contributed by atoms with Crippen molar-refractivity contribution in [3.63, 3.8) is 0 Å². The minimum absolute atomic E-state index is 0.0380. The van der Waals surface area contributed by atoms with Gasteiger partial charge in [-0.2, -0.15) is 0 Å². The van der Waals surface area contributed by atoms with Crippen molar-refractivity contribution in [1.82, 2.24) is 15.1 Å². The van der Waals surface area contributed by atoms with E-state index in [1.807, 2.05) is 6.92 Å². The average molecular weight is 396 g/mol. The molecule has 150 valence electrons. The van der Waals surface area contributed by atoms with E-state index in [1.165, 1.54) is 17.7 Å². The summed E-state index contributed by atoms with van der Waals surface area (Å²) in [6.07, 6.45) is 2.78. The molecule has 0 radical (unpaired) electrons. The van der Waals surface area contributed by atoms with Gasteiger partial charge in [0.15, 0.2) is 0 Å². The molecular formula is C19H29N3O4S. The largest absolute Gasteiger partial charge is 0.477 e. The Hall–Kier alpha value is -1.09. The van der Waals surface area contributed by atoms with Crippen LogP contribution >= 0.6 is 11.8 Å². The standard InChI is InChI=1S/C19H29N3O4S/c1-10-15-14(11(2)23)18(24)22(15)16(19(25)26)17(10)27-13-5-7-21(9-13)8-12-4-3-6-20-12/h10-15,20,23H,3-9H2,1-2H3,(H,25,26)/t10-,11?,12+,13-,14-,15-/m1/s1. The highest BCUT2D eigenvalue weighted by Gasteiger charge is 2.60. The van der Waals surface area contributed by atoms with Crippen LogP contribution in [0.2, 0.25) is 0 Å². The number of fused-ring (bicyclic) bond motifs is 1. The molecule has 27 heavy (non-hydrogen) atoms. The van der Waals surface area contributed by atoms with Gasteiger partial charge in [0.2, 0.25) is 5.91 Å². The summed E-state index contributed by atoms with van der Waals surface area (Å²) < 4.78 is 0. The maximum Gasteiger partial charge on any atom is 0.353 e. The number of carboxylic acid groups (broad SMARTS) is 1. The molecule has 0 spiro atoms. The summed E-state index contributed by atoms with van der Waals surface area (Å²) in [6.45, 7) is 7.79. The maximum atomic E-state index is 12.4. The van der Waals surface area contributed by atoms with Crippen molar-refractivity contribution < 1.29 is 19.8 Å². The third kappa shape index (κ3) is 3.30. The van der Waals surface area contributed by atoms with Gasteiger partial charge in [-0.25, -0.2) is 4.79 Å². The number of hydrogen-bond acceptors (Lipinski definition) is 6. The normalized spacial score (nSPS) is 37.7. The third-order valence-electron chi connectivity index (χ3n) is 6.47. The van der Waals surface area contributed by atoms with Crippen LogP contribution in [-0.4, -0.2) is 81.5 Å². The number of amides is 1. The molecule has 6 atom stereocenters. The van der Waals surface area contributed by atoms with Gasteiger partial charge in [0.05, 0.1) is 18.1 Å². The molecule has 8 heteroatoms. The molecule has 3 N–H and O–H groups in total. The van der Waals surface area contributed by atoms with E-state index in [1.54, 1.807) is 18.7 Å². The van der Waals surface area contributed by atoms with Crippen molar-refractivity contribution in [2.24, 2.45) is 11.8 Å². The molecule has 4 aliphatic rings. The van der Waals surface area contributed by atoms with Crippen LogP contribution in [0.25, 0.3) is 0 Å². The second-order valence-electron chi connectivity index (χ2n) is 8.35. The molecule has 0 aliphatic carbocycles. The highest BCUT2D eigenvalue weighted by molar-refractivity contribution is 8.03. The number of nitrogens with one attached hydrogen (secondary N) is 1. The number of carboxylic acids is 1. The van der Waals surface area contributed by atoms with Crippen LogP contribution in [0, 0.1) is 11.8 Å². The Morgan fingerprint density at radius 3 is 2.81 bits per heavy atom. The van der Waals surface area contributed by atoms with Crippen molar-refractivity contribution in [2.45, 2.75) is 56.5 Å². The van der Waals surface area contributed by atoms with Crippen LogP contribution in [0.4, 0.5) is 0 Å². The molecule has 1 amide bonds. The fourth-order valence-electron chi connectivity index (χ4n) is 5.14. The number of β-lactam (4-membered cyclic amide) rings is 1. The van der Waals surface area contributed by atoms with E-state index in [4.69, 9.17) is 0 Å². The molecule has 0 aromatic carbocycles. The van der Waals surface area contributed by atoms with E-state index in [-0.39, 0.29) is 23.6 Å². The lowest BCUT2D eigenvalue weighted by molar-refractivity contribution is -0.163. The first-order chi connectivity index (χ1) is 12.9. The smallest absolute Gasteiger partial charge is 0.353 e. The number of hydrogen-bond donors (Lipinski definition) is 3. The summed E-state index contributed by atoms with van der Waals surface area (Å²) in [5.74, 6) is -1.81. The van der Waals surface area contributed by atoms with E-state index in [9.17, 15) is 19.8 Å². The quantitative estimate of drug-likeness (QED) is 0.570. The second kappa shape index (κ2) is 7.39. The van der Waals surface area contributed by atoms with E-state index < -0.39 is 18.0 Å². The van der Waals surface area contributed by atoms with Crippen molar-refractivity contribution >= 4 is 23.6 Å². The number of aliphatic hydroxyl groups excluding tert-OH is 1. The summed E-state index contributed by atoms with van der Waals surface area (Å²) in [5.41, 5.74) is 0.148. The van der Waals surface area contributed by atoms with E-state index in [0.717, 1.165) is 37.5 Å². The molecule has 0 aromatic heterocycles. The van der Waals surface area contributed by atoms with E-state index >= 15 is 0 Å². The number of rotatable bonds is 6. The highest BCUT2D eigenvalue weighted by Crippen LogP contribution is 2.51. The summed E-state index contributed by atoms with van der Waals surface area (Å²) in [5, 5.41) is 23.6. The van der Waals surface area contributed by atoms with Crippen molar-refractivity contribution in [2.75, 3.05) is 26.2 Å². The minimum Gasteiger partial charge on any atom is -0.477 e. The Kier molecular flexibility index (Phi) is 5.26. The van der Waals surface area contributed by atoms with Crippen LogP contribution in [0.5, 0.6) is 0 Å². The Labute approximate surface area is 164 Å². The molecular weight excluding hydrogens is 366 g/mol. The fourth-order valence-corrected chi connectivity index (χ4v) is 6.66. The van der Waals surface area contributed by atoms with Crippen LogP contribution in [0.1, 0.15) is 33.1 Å². The predicted octanol–water partition coefficient (Wildman–Crippen LogP) is 0.700. The van der Waals surface area contributed by atoms with Gasteiger partial charge in [-0.3, -0.25) is 4.79 Å². The van der Waals surface area contributed by atoms with E-state index in [2.05, 4.69) is 10.2 Å². The van der Waals surface area contributed by atoms with Gasteiger partial charge in [-0.15, -0.1) is 11.8 Å². The molecule has 0 saturated carbocycles. The Morgan fingerprint density at radius 1 is 1.41 bits per heavy atom. The number of aliphatic hydroxyl groups is 1. The number of thioether (sulfide) groups is 1. The molecule has 0 bridgehead atoms. The SMILES string of the molecule is CC(O)[C@H]1C(=O)N2C(C(=O)O)=C(S[C@@H]3CCN(C[C@@H]4CCCN4)C3)[C@H](C)[C@H]12. The zero-order valence-corrected chi connectivity index (χ0v) is 16.7. The summed E-state index contributed by atoms with van der Waals surface area (Å²) >= 11 is 1.65. The van der Waals surface area contributed by atoms with E-state index in [0.29, 0.717) is 11.3 Å². The Balaban J connectivity index is 1.45. The number of carbonyl (C=O) groups is 2. The molecule has 3 saturated heterocycles. The second-order valence-corrected chi connectivity index (χ2v) is 9.70. The van der Waals surface area contributed by atoms with Crippen molar-refractivity contribution in [1.29, 1.82) is 0 Å². The molecule has 0 aromatic rings. The highest BCUT2D eigenvalue weighted by atomic mass is 32.2. The molecule has 4 heterocycles.